The van der Waals surface area contributed by atoms with E-state index in [0.29, 0.717) is 12.2 Å². The molecule has 34 heavy (non-hydrogen) atoms. The van der Waals surface area contributed by atoms with Crippen molar-refractivity contribution >= 4 is 27.3 Å². The predicted octanol–water partition coefficient (Wildman–Crippen LogP) is 4.42. The maximum atomic E-state index is 13.4. The third-order valence-electron chi connectivity index (χ3n) is 6.29. The topological polar surface area (TPSA) is 69.7 Å². The Morgan fingerprint density at radius 3 is 2.24 bits per heavy atom. The SMILES string of the molecule is Cc1ccc(N(CC(=O)NCc2ccc(N3CCCC3)cc2)S(=O)(=O)c2ccccc2)cc1C. The summed E-state index contributed by atoms with van der Waals surface area (Å²) in [5, 5.41) is 2.88. The molecule has 1 amide bonds. The molecule has 0 bridgehead atoms. The zero-order chi connectivity index (χ0) is 24.1. The van der Waals surface area contributed by atoms with Crippen molar-refractivity contribution in [3.8, 4) is 0 Å². The van der Waals surface area contributed by atoms with Crippen LogP contribution < -0.4 is 14.5 Å². The van der Waals surface area contributed by atoms with Crippen LogP contribution in [-0.4, -0.2) is 34.0 Å². The van der Waals surface area contributed by atoms with Gasteiger partial charge in [0.05, 0.1) is 10.6 Å². The standard InChI is InChI=1S/C27H31N3O3S/c1-21-10-13-25(18-22(21)2)30(34(32,33)26-8-4-3-5-9-26)20-27(31)28-19-23-11-14-24(15-12-23)29-16-6-7-17-29/h3-5,8-15,18H,6-7,16-17,19-20H2,1-2H3,(H,28,31). The third-order valence-corrected chi connectivity index (χ3v) is 8.08. The van der Waals surface area contributed by atoms with Crippen LogP contribution in [0.4, 0.5) is 11.4 Å². The van der Waals surface area contributed by atoms with Crippen molar-refractivity contribution in [1.29, 1.82) is 0 Å². The van der Waals surface area contributed by atoms with Gasteiger partial charge in [-0.1, -0.05) is 36.4 Å². The van der Waals surface area contributed by atoms with E-state index in [0.717, 1.165) is 29.8 Å². The van der Waals surface area contributed by atoms with Crippen LogP contribution in [0.5, 0.6) is 0 Å². The lowest BCUT2D eigenvalue weighted by Gasteiger charge is -2.25. The Morgan fingerprint density at radius 1 is 0.912 bits per heavy atom. The number of hydrogen-bond acceptors (Lipinski definition) is 4. The molecule has 0 atom stereocenters. The first kappa shape index (κ1) is 23.8. The molecule has 0 radical (unpaired) electrons. The molecule has 0 unspecified atom stereocenters. The van der Waals surface area contributed by atoms with E-state index in [9.17, 15) is 13.2 Å². The van der Waals surface area contributed by atoms with Crippen LogP contribution in [0.2, 0.25) is 0 Å². The molecule has 178 valence electrons. The normalized spacial score (nSPS) is 13.6. The predicted molar refractivity (Wildman–Crippen MR) is 137 cm³/mol. The maximum Gasteiger partial charge on any atom is 0.264 e. The van der Waals surface area contributed by atoms with Crippen LogP contribution in [-0.2, 0) is 21.4 Å². The van der Waals surface area contributed by atoms with E-state index in [2.05, 4.69) is 22.3 Å². The Morgan fingerprint density at radius 2 is 1.59 bits per heavy atom. The highest BCUT2D eigenvalue weighted by molar-refractivity contribution is 7.92. The second kappa shape index (κ2) is 10.3. The van der Waals surface area contributed by atoms with E-state index in [-0.39, 0.29) is 17.3 Å². The average molecular weight is 478 g/mol. The van der Waals surface area contributed by atoms with Gasteiger partial charge in [-0.3, -0.25) is 9.10 Å². The molecule has 0 saturated carbocycles. The molecule has 4 rings (SSSR count). The summed E-state index contributed by atoms with van der Waals surface area (Å²) in [4.78, 5) is 15.4. The molecule has 1 fully saturated rings. The molecule has 6 nitrogen and oxygen atoms in total. The number of amides is 1. The van der Waals surface area contributed by atoms with E-state index < -0.39 is 10.0 Å². The van der Waals surface area contributed by atoms with Gasteiger partial charge in [0, 0.05) is 25.3 Å². The van der Waals surface area contributed by atoms with Crippen molar-refractivity contribution in [1.82, 2.24) is 5.32 Å². The number of benzene rings is 3. The van der Waals surface area contributed by atoms with E-state index in [4.69, 9.17) is 0 Å². The Hall–Kier alpha value is -3.32. The molecule has 0 spiro atoms. The third kappa shape index (κ3) is 5.42. The molecule has 3 aromatic carbocycles. The Bertz CT molecular complexity index is 1240. The largest absolute Gasteiger partial charge is 0.372 e. The van der Waals surface area contributed by atoms with Gasteiger partial charge < -0.3 is 10.2 Å². The van der Waals surface area contributed by atoms with Crippen LogP contribution in [0.3, 0.4) is 0 Å². The molecule has 7 heteroatoms. The minimum Gasteiger partial charge on any atom is -0.372 e. The Balaban J connectivity index is 1.49. The fraction of sp³-hybridized carbons (Fsp3) is 0.296. The lowest BCUT2D eigenvalue weighted by atomic mass is 10.1. The van der Waals surface area contributed by atoms with Crippen molar-refractivity contribution in [2.75, 3.05) is 28.8 Å². The molecular weight excluding hydrogens is 446 g/mol. The van der Waals surface area contributed by atoms with E-state index >= 15 is 0 Å². The zero-order valence-electron chi connectivity index (χ0n) is 19.7. The number of anilines is 2. The van der Waals surface area contributed by atoms with Gasteiger partial charge in [-0.15, -0.1) is 0 Å². The summed E-state index contributed by atoms with van der Waals surface area (Å²) >= 11 is 0. The molecule has 1 N–H and O–H groups in total. The van der Waals surface area contributed by atoms with Gasteiger partial charge in [-0.2, -0.15) is 0 Å². The monoisotopic (exact) mass is 477 g/mol. The number of hydrogen-bond donors (Lipinski definition) is 1. The van der Waals surface area contributed by atoms with Crippen molar-refractivity contribution < 1.29 is 13.2 Å². The minimum atomic E-state index is -3.91. The molecule has 1 aliphatic rings. The number of nitrogens with one attached hydrogen (secondary N) is 1. The summed E-state index contributed by atoms with van der Waals surface area (Å²) in [7, 11) is -3.91. The molecule has 0 aliphatic carbocycles. The second-order valence-electron chi connectivity index (χ2n) is 8.73. The second-order valence-corrected chi connectivity index (χ2v) is 10.6. The number of aryl methyl sites for hydroxylation is 2. The summed E-state index contributed by atoms with van der Waals surface area (Å²) in [5.74, 6) is -0.360. The van der Waals surface area contributed by atoms with Crippen LogP contribution in [0.15, 0.2) is 77.7 Å². The van der Waals surface area contributed by atoms with Crippen molar-refractivity contribution in [2.45, 2.75) is 38.1 Å². The number of nitrogens with zero attached hydrogens (tertiary/aromatic N) is 2. The van der Waals surface area contributed by atoms with Crippen molar-refractivity contribution in [3.63, 3.8) is 0 Å². The smallest absolute Gasteiger partial charge is 0.264 e. The lowest BCUT2D eigenvalue weighted by Crippen LogP contribution is -2.40. The summed E-state index contributed by atoms with van der Waals surface area (Å²) in [5.41, 5.74) is 4.66. The Labute approximate surface area is 202 Å². The van der Waals surface area contributed by atoms with Gasteiger partial charge in [0.25, 0.3) is 10.0 Å². The van der Waals surface area contributed by atoms with Crippen molar-refractivity contribution in [2.24, 2.45) is 0 Å². The van der Waals surface area contributed by atoms with Gasteiger partial charge >= 0.3 is 0 Å². The molecule has 1 aliphatic heterocycles. The van der Waals surface area contributed by atoms with E-state index in [1.165, 1.54) is 22.8 Å². The van der Waals surface area contributed by atoms with Crippen molar-refractivity contribution in [3.05, 3.63) is 89.5 Å². The highest BCUT2D eigenvalue weighted by Gasteiger charge is 2.27. The molecule has 1 heterocycles. The summed E-state index contributed by atoms with van der Waals surface area (Å²) in [6, 6.07) is 21.8. The van der Waals surface area contributed by atoms with E-state index in [1.807, 2.05) is 32.0 Å². The minimum absolute atomic E-state index is 0.151. The van der Waals surface area contributed by atoms with E-state index in [1.54, 1.807) is 42.5 Å². The first-order valence-electron chi connectivity index (χ1n) is 11.6. The molecule has 0 aromatic heterocycles. The maximum absolute atomic E-state index is 13.4. The number of carbonyl (C=O) groups is 1. The fourth-order valence-electron chi connectivity index (χ4n) is 4.10. The first-order chi connectivity index (χ1) is 16.3. The van der Waals surface area contributed by atoms with Crippen LogP contribution in [0, 0.1) is 13.8 Å². The van der Waals surface area contributed by atoms with Gasteiger partial charge in [0.1, 0.15) is 6.54 Å². The molecule has 1 saturated heterocycles. The number of rotatable bonds is 8. The highest BCUT2D eigenvalue weighted by Crippen LogP contribution is 2.26. The average Bonchev–Trinajstić information content (AvgIpc) is 3.39. The number of carbonyl (C=O) groups excluding carboxylic acids is 1. The van der Waals surface area contributed by atoms with Crippen LogP contribution in [0.1, 0.15) is 29.5 Å². The van der Waals surface area contributed by atoms with Gasteiger partial charge in [0.15, 0.2) is 0 Å². The van der Waals surface area contributed by atoms with Crippen LogP contribution in [0.25, 0.3) is 0 Å². The molecular formula is C27H31N3O3S. The fourth-order valence-corrected chi connectivity index (χ4v) is 5.54. The van der Waals surface area contributed by atoms with Gasteiger partial charge in [-0.05, 0) is 79.8 Å². The first-order valence-corrected chi connectivity index (χ1v) is 13.0. The summed E-state index contributed by atoms with van der Waals surface area (Å²) < 4.78 is 28.1. The summed E-state index contributed by atoms with van der Waals surface area (Å²) in [6.07, 6.45) is 2.45. The highest BCUT2D eigenvalue weighted by atomic mass is 32.2. The number of sulfonamides is 1. The lowest BCUT2D eigenvalue weighted by molar-refractivity contribution is -0.119. The quantitative estimate of drug-likeness (QED) is 0.522. The van der Waals surface area contributed by atoms with Gasteiger partial charge in [-0.25, -0.2) is 8.42 Å². The summed E-state index contributed by atoms with van der Waals surface area (Å²) in [6.45, 7) is 6.10. The molecule has 3 aromatic rings. The van der Waals surface area contributed by atoms with Crippen LogP contribution >= 0.6 is 0 Å². The zero-order valence-corrected chi connectivity index (χ0v) is 20.5. The van der Waals surface area contributed by atoms with Gasteiger partial charge in [0.2, 0.25) is 5.91 Å². The Kier molecular flexibility index (Phi) is 7.22.